The number of hydrogen-bond donors (Lipinski definition) is 1. The summed E-state index contributed by atoms with van der Waals surface area (Å²) in [6.07, 6.45) is 1.80. The van der Waals surface area contributed by atoms with Crippen LogP contribution < -0.4 is 10.2 Å². The van der Waals surface area contributed by atoms with E-state index in [4.69, 9.17) is 26.3 Å². The summed E-state index contributed by atoms with van der Waals surface area (Å²) in [4.78, 5) is 24.4. The molecule has 32 heavy (non-hydrogen) atoms. The van der Waals surface area contributed by atoms with E-state index in [1.54, 1.807) is 36.2 Å². The van der Waals surface area contributed by atoms with Crippen LogP contribution in [-0.4, -0.2) is 63.8 Å². The number of hydrogen-bond acceptors (Lipinski definition) is 7. The summed E-state index contributed by atoms with van der Waals surface area (Å²) in [5.74, 6) is 0.657. The van der Waals surface area contributed by atoms with E-state index in [1.165, 1.54) is 0 Å². The van der Waals surface area contributed by atoms with Gasteiger partial charge in [0.1, 0.15) is 5.82 Å². The van der Waals surface area contributed by atoms with Gasteiger partial charge in [0.25, 0.3) is 5.91 Å². The summed E-state index contributed by atoms with van der Waals surface area (Å²) in [7, 11) is 0. The first-order valence-electron chi connectivity index (χ1n) is 10.4. The predicted molar refractivity (Wildman–Crippen MR) is 131 cm³/mol. The van der Waals surface area contributed by atoms with Crippen LogP contribution in [-0.2, 0) is 11.3 Å². The molecule has 2 aromatic heterocycles. The molecule has 4 rings (SSSR count). The minimum absolute atomic E-state index is 0.229. The highest BCUT2D eigenvalue weighted by molar-refractivity contribution is 9.10. The summed E-state index contributed by atoms with van der Waals surface area (Å²) in [5, 5.41) is 9.84. The number of morpholine rings is 1. The first kappa shape index (κ1) is 23.3. The first-order chi connectivity index (χ1) is 15.4. The van der Waals surface area contributed by atoms with Crippen molar-refractivity contribution in [3.8, 4) is 0 Å². The Hall–Kier alpha value is -1.88. The minimum atomic E-state index is -0.229. The highest BCUT2D eigenvalue weighted by atomic mass is 79.9. The number of rotatable bonds is 7. The fourth-order valence-electron chi connectivity index (χ4n) is 3.41. The number of aromatic nitrogens is 4. The summed E-state index contributed by atoms with van der Waals surface area (Å²) < 4.78 is 8.11. The van der Waals surface area contributed by atoms with Crippen molar-refractivity contribution in [2.24, 2.45) is 0 Å². The molecule has 1 saturated heterocycles. The Morgan fingerprint density at radius 2 is 2.09 bits per heavy atom. The number of anilines is 1. The van der Waals surface area contributed by atoms with Crippen molar-refractivity contribution in [3.05, 3.63) is 39.5 Å². The van der Waals surface area contributed by atoms with E-state index in [0.29, 0.717) is 42.1 Å². The van der Waals surface area contributed by atoms with Crippen molar-refractivity contribution in [3.63, 3.8) is 0 Å². The molecule has 1 N–H and O–H groups in total. The van der Waals surface area contributed by atoms with Gasteiger partial charge in [-0.25, -0.2) is 14.6 Å². The van der Waals surface area contributed by atoms with Gasteiger partial charge in [-0.15, -0.1) is 0 Å². The fourth-order valence-corrected chi connectivity index (χ4v) is 4.67. The summed E-state index contributed by atoms with van der Waals surface area (Å²) in [5.41, 5.74) is 1.19. The zero-order valence-electron chi connectivity index (χ0n) is 17.8. The number of ether oxygens (including phenoxy) is 1. The molecule has 0 atom stereocenters. The molecule has 170 valence electrons. The normalized spacial score (nSPS) is 14.3. The molecule has 8 nitrogen and oxygen atoms in total. The van der Waals surface area contributed by atoms with Gasteiger partial charge in [0.15, 0.2) is 10.8 Å². The van der Waals surface area contributed by atoms with Crippen molar-refractivity contribution >= 4 is 62.1 Å². The van der Waals surface area contributed by atoms with Crippen LogP contribution in [0.3, 0.4) is 0 Å². The van der Waals surface area contributed by atoms with Gasteiger partial charge in [-0.3, -0.25) is 4.79 Å². The van der Waals surface area contributed by atoms with Gasteiger partial charge in [-0.2, -0.15) is 5.10 Å². The molecule has 1 aliphatic heterocycles. The van der Waals surface area contributed by atoms with E-state index in [2.05, 4.69) is 45.1 Å². The van der Waals surface area contributed by atoms with Crippen LogP contribution in [0.5, 0.6) is 0 Å². The quantitative estimate of drug-likeness (QED) is 0.359. The summed E-state index contributed by atoms with van der Waals surface area (Å²) in [6, 6.07) is 5.20. The van der Waals surface area contributed by atoms with Crippen molar-refractivity contribution in [1.82, 2.24) is 25.1 Å². The molecule has 0 aliphatic carbocycles. The minimum Gasteiger partial charge on any atom is -0.378 e. The predicted octanol–water partition coefficient (Wildman–Crippen LogP) is 4.01. The molecule has 3 heterocycles. The molecule has 0 saturated carbocycles. The van der Waals surface area contributed by atoms with Crippen LogP contribution in [0.4, 0.5) is 5.82 Å². The largest absolute Gasteiger partial charge is 0.378 e. The van der Waals surface area contributed by atoms with Crippen molar-refractivity contribution in [1.29, 1.82) is 0 Å². The van der Waals surface area contributed by atoms with Gasteiger partial charge in [0.05, 0.1) is 41.9 Å². The number of amides is 1. The molecular formula is C21H24BrClN6O2S. The van der Waals surface area contributed by atoms with E-state index >= 15 is 0 Å². The number of nitrogens with one attached hydrogen (secondary N) is 1. The first-order valence-corrected chi connectivity index (χ1v) is 12.4. The number of halogens is 2. The van der Waals surface area contributed by atoms with Crippen LogP contribution in [0.1, 0.15) is 24.2 Å². The fraction of sp³-hybridized carbons (Fsp3) is 0.429. The van der Waals surface area contributed by atoms with E-state index in [-0.39, 0.29) is 5.91 Å². The number of benzene rings is 1. The van der Waals surface area contributed by atoms with Crippen molar-refractivity contribution in [2.75, 3.05) is 37.7 Å². The zero-order chi connectivity index (χ0) is 22.7. The average Bonchev–Trinajstić information content (AvgIpc) is 3.18. The second-order valence-electron chi connectivity index (χ2n) is 7.58. The lowest BCUT2D eigenvalue weighted by molar-refractivity contribution is 0.0952. The molecular weight excluding hydrogens is 516 g/mol. The van der Waals surface area contributed by atoms with Gasteiger partial charge in [0, 0.05) is 29.4 Å². The Morgan fingerprint density at radius 1 is 1.31 bits per heavy atom. The summed E-state index contributed by atoms with van der Waals surface area (Å²) >= 11 is 11.2. The van der Waals surface area contributed by atoms with E-state index < -0.39 is 0 Å². The maximum absolute atomic E-state index is 12.6. The van der Waals surface area contributed by atoms with Gasteiger partial charge in [-0.05, 0) is 18.2 Å². The lowest BCUT2D eigenvalue weighted by Gasteiger charge is -2.28. The smallest absolute Gasteiger partial charge is 0.252 e. The maximum Gasteiger partial charge on any atom is 0.252 e. The molecule has 0 unspecified atom stereocenters. The monoisotopic (exact) mass is 538 g/mol. The second-order valence-corrected chi connectivity index (χ2v) is 10.4. The lowest BCUT2D eigenvalue weighted by atomic mass is 10.2. The third-order valence-corrected chi connectivity index (χ3v) is 6.58. The SMILES string of the molecule is CC(C)Sc1nc(N2CCOCC2)c2cnn(CCNC(=O)c3cc(Br)ccc3Cl)c2n1. The van der Waals surface area contributed by atoms with Gasteiger partial charge < -0.3 is 15.0 Å². The van der Waals surface area contributed by atoms with Gasteiger partial charge in [-0.1, -0.05) is 53.1 Å². The van der Waals surface area contributed by atoms with Crippen molar-refractivity contribution < 1.29 is 9.53 Å². The Morgan fingerprint density at radius 3 is 2.84 bits per heavy atom. The van der Waals surface area contributed by atoms with Crippen LogP contribution in [0.15, 0.2) is 34.0 Å². The third kappa shape index (κ3) is 5.36. The molecule has 1 aromatic carbocycles. The molecule has 11 heteroatoms. The van der Waals surface area contributed by atoms with Crippen LogP contribution in [0.25, 0.3) is 11.0 Å². The topological polar surface area (TPSA) is 85.2 Å². The average molecular weight is 540 g/mol. The highest BCUT2D eigenvalue weighted by Gasteiger charge is 2.21. The van der Waals surface area contributed by atoms with Crippen LogP contribution in [0.2, 0.25) is 5.02 Å². The Labute approximate surface area is 204 Å². The van der Waals surface area contributed by atoms with Crippen LogP contribution >= 0.6 is 39.3 Å². The second kappa shape index (κ2) is 10.4. The maximum atomic E-state index is 12.6. The lowest BCUT2D eigenvalue weighted by Crippen LogP contribution is -2.37. The number of carbonyl (C=O) groups excluding carboxylic acids is 1. The van der Waals surface area contributed by atoms with Gasteiger partial charge >= 0.3 is 0 Å². The molecule has 1 amide bonds. The van der Waals surface area contributed by atoms with Gasteiger partial charge in [0.2, 0.25) is 0 Å². The number of carbonyl (C=O) groups is 1. The number of fused-ring (bicyclic) bond motifs is 1. The number of nitrogens with zero attached hydrogens (tertiary/aromatic N) is 5. The van der Waals surface area contributed by atoms with Crippen molar-refractivity contribution in [2.45, 2.75) is 30.8 Å². The molecule has 3 aromatic rings. The summed E-state index contributed by atoms with van der Waals surface area (Å²) in [6.45, 7) is 8.03. The highest BCUT2D eigenvalue weighted by Crippen LogP contribution is 2.29. The molecule has 0 radical (unpaired) electrons. The standard InChI is InChI=1S/C21H24BrClN6O2S/c1-13(2)32-21-26-18(28-7-9-31-10-8-28)16-12-25-29(19(16)27-21)6-5-24-20(30)15-11-14(22)3-4-17(15)23/h3-4,11-13H,5-10H2,1-2H3,(H,24,30). The zero-order valence-corrected chi connectivity index (χ0v) is 21.0. The van der Waals surface area contributed by atoms with Crippen LogP contribution in [0, 0.1) is 0 Å². The number of thioether (sulfide) groups is 1. The molecule has 0 bridgehead atoms. The Kier molecular flexibility index (Phi) is 7.55. The third-order valence-electron chi connectivity index (χ3n) is 4.89. The van der Waals surface area contributed by atoms with E-state index in [0.717, 1.165) is 39.6 Å². The Balaban J connectivity index is 1.54. The molecule has 1 aliphatic rings. The molecule has 1 fully saturated rings. The Bertz CT molecular complexity index is 1120. The van der Waals surface area contributed by atoms with E-state index in [9.17, 15) is 4.79 Å². The van der Waals surface area contributed by atoms with E-state index in [1.807, 2.05) is 4.68 Å². The molecule has 0 spiro atoms.